The lowest BCUT2D eigenvalue weighted by Gasteiger charge is -2.31. The van der Waals surface area contributed by atoms with E-state index in [1.807, 2.05) is 24.3 Å². The van der Waals surface area contributed by atoms with Crippen LogP contribution in [0.25, 0.3) is 0 Å². The van der Waals surface area contributed by atoms with Crippen LogP contribution in [-0.4, -0.2) is 29.9 Å². The second kappa shape index (κ2) is 7.51. The summed E-state index contributed by atoms with van der Waals surface area (Å²) in [6.07, 6.45) is 1.82. The Bertz CT molecular complexity index is 362. The van der Waals surface area contributed by atoms with Gasteiger partial charge in [0, 0.05) is 11.6 Å². The summed E-state index contributed by atoms with van der Waals surface area (Å²) in [6, 6.07) is 8.45. The molecule has 0 aliphatic heterocycles. The molecule has 0 radical (unpaired) electrons. The van der Waals surface area contributed by atoms with Gasteiger partial charge in [-0.25, -0.2) is 0 Å². The van der Waals surface area contributed by atoms with Gasteiger partial charge in [0.1, 0.15) is 5.75 Å². The van der Waals surface area contributed by atoms with E-state index in [1.165, 1.54) is 5.56 Å². The van der Waals surface area contributed by atoms with Gasteiger partial charge in [-0.1, -0.05) is 31.5 Å². The van der Waals surface area contributed by atoms with Crippen molar-refractivity contribution in [3.63, 3.8) is 0 Å². The summed E-state index contributed by atoms with van der Waals surface area (Å²) in [4.78, 5) is 0. The largest absolute Gasteiger partial charge is 0.494 e. The van der Waals surface area contributed by atoms with Crippen LogP contribution < -0.4 is 10.1 Å². The first-order valence-electron chi connectivity index (χ1n) is 7.03. The number of hydrogen-bond donors (Lipinski definition) is 2. The predicted molar refractivity (Wildman–Crippen MR) is 79.7 cm³/mol. The zero-order chi connectivity index (χ0) is 14.3. The predicted octanol–water partition coefficient (Wildman–Crippen LogP) is 2.90. The molecule has 0 amide bonds. The van der Waals surface area contributed by atoms with Crippen LogP contribution in [0, 0.1) is 6.92 Å². The maximum absolute atomic E-state index is 9.48. The zero-order valence-electron chi connectivity index (χ0n) is 12.6. The molecule has 2 N–H and O–H groups in total. The van der Waals surface area contributed by atoms with Crippen molar-refractivity contribution in [3.05, 3.63) is 29.8 Å². The lowest BCUT2D eigenvalue weighted by molar-refractivity contribution is 0.147. The standard InChI is InChI=1S/C16H27NO2/c1-13(2)17-16(4,12-18)10-5-11-19-15-8-6-14(3)7-9-15/h6-9,13,17-18H,5,10-12H2,1-4H3. The average molecular weight is 265 g/mol. The molecule has 0 heterocycles. The summed E-state index contributed by atoms with van der Waals surface area (Å²) in [5, 5.41) is 12.9. The summed E-state index contributed by atoms with van der Waals surface area (Å²) in [5.74, 6) is 0.910. The number of aryl methyl sites for hydroxylation is 1. The number of ether oxygens (including phenoxy) is 1. The van der Waals surface area contributed by atoms with Crippen molar-refractivity contribution in [2.24, 2.45) is 0 Å². The molecule has 108 valence electrons. The Hall–Kier alpha value is -1.06. The molecule has 0 fully saturated rings. The van der Waals surface area contributed by atoms with Gasteiger partial charge in [0.2, 0.25) is 0 Å². The highest BCUT2D eigenvalue weighted by Crippen LogP contribution is 2.15. The third-order valence-corrected chi connectivity index (χ3v) is 3.15. The summed E-state index contributed by atoms with van der Waals surface area (Å²) >= 11 is 0. The molecule has 0 aliphatic rings. The second-order valence-electron chi connectivity index (χ2n) is 5.78. The van der Waals surface area contributed by atoms with E-state index in [9.17, 15) is 5.11 Å². The summed E-state index contributed by atoms with van der Waals surface area (Å²) < 4.78 is 5.70. The number of benzene rings is 1. The lowest BCUT2D eigenvalue weighted by atomic mass is 9.96. The molecule has 1 atom stereocenters. The van der Waals surface area contributed by atoms with Crippen molar-refractivity contribution < 1.29 is 9.84 Å². The Morgan fingerprint density at radius 2 is 1.89 bits per heavy atom. The summed E-state index contributed by atoms with van der Waals surface area (Å²) in [6.45, 7) is 9.13. The average Bonchev–Trinajstić information content (AvgIpc) is 2.36. The van der Waals surface area contributed by atoms with Crippen LogP contribution in [0.2, 0.25) is 0 Å². The molecule has 1 rings (SSSR count). The lowest BCUT2D eigenvalue weighted by Crippen LogP contribution is -2.49. The Morgan fingerprint density at radius 1 is 1.26 bits per heavy atom. The van der Waals surface area contributed by atoms with Gasteiger partial charge in [-0.15, -0.1) is 0 Å². The molecule has 1 aromatic rings. The first-order valence-corrected chi connectivity index (χ1v) is 7.03. The van der Waals surface area contributed by atoms with Gasteiger partial charge >= 0.3 is 0 Å². The fraction of sp³-hybridized carbons (Fsp3) is 0.625. The Balaban J connectivity index is 2.31. The minimum atomic E-state index is -0.217. The Morgan fingerprint density at radius 3 is 2.42 bits per heavy atom. The van der Waals surface area contributed by atoms with E-state index < -0.39 is 0 Å². The molecule has 0 bridgehead atoms. The van der Waals surface area contributed by atoms with Crippen LogP contribution in [0.5, 0.6) is 5.75 Å². The normalized spacial score (nSPS) is 14.4. The van der Waals surface area contributed by atoms with E-state index in [1.54, 1.807) is 0 Å². The third-order valence-electron chi connectivity index (χ3n) is 3.15. The Labute approximate surface area is 117 Å². The maximum Gasteiger partial charge on any atom is 0.119 e. The van der Waals surface area contributed by atoms with Crippen LogP contribution in [0.3, 0.4) is 0 Å². The molecular weight excluding hydrogens is 238 g/mol. The molecule has 3 heteroatoms. The van der Waals surface area contributed by atoms with Crippen LogP contribution in [-0.2, 0) is 0 Å². The number of rotatable bonds is 8. The molecule has 0 saturated heterocycles. The van der Waals surface area contributed by atoms with Crippen LogP contribution in [0.1, 0.15) is 39.2 Å². The van der Waals surface area contributed by atoms with Gasteiger partial charge < -0.3 is 15.2 Å². The van der Waals surface area contributed by atoms with Crippen molar-refractivity contribution in [1.82, 2.24) is 5.32 Å². The van der Waals surface area contributed by atoms with Gasteiger partial charge in [0.15, 0.2) is 0 Å². The van der Waals surface area contributed by atoms with Gasteiger partial charge in [-0.3, -0.25) is 0 Å². The summed E-state index contributed by atoms with van der Waals surface area (Å²) in [7, 11) is 0. The van der Waals surface area contributed by atoms with E-state index in [0.29, 0.717) is 12.6 Å². The van der Waals surface area contributed by atoms with Gasteiger partial charge in [-0.2, -0.15) is 0 Å². The summed E-state index contributed by atoms with van der Waals surface area (Å²) in [5.41, 5.74) is 1.02. The fourth-order valence-electron chi connectivity index (χ4n) is 2.18. The van der Waals surface area contributed by atoms with Crippen molar-refractivity contribution in [3.8, 4) is 5.75 Å². The molecule has 1 unspecified atom stereocenters. The topological polar surface area (TPSA) is 41.5 Å². The minimum Gasteiger partial charge on any atom is -0.494 e. The third kappa shape index (κ3) is 6.08. The van der Waals surface area contributed by atoms with E-state index in [2.05, 4.69) is 33.0 Å². The number of aliphatic hydroxyl groups is 1. The highest BCUT2D eigenvalue weighted by atomic mass is 16.5. The Kier molecular flexibility index (Phi) is 6.32. The van der Waals surface area contributed by atoms with Crippen molar-refractivity contribution in [1.29, 1.82) is 0 Å². The molecule has 0 spiro atoms. The van der Waals surface area contributed by atoms with Crippen molar-refractivity contribution >= 4 is 0 Å². The van der Waals surface area contributed by atoms with Crippen molar-refractivity contribution in [2.45, 2.75) is 52.1 Å². The molecule has 19 heavy (non-hydrogen) atoms. The van der Waals surface area contributed by atoms with E-state index in [-0.39, 0.29) is 12.1 Å². The number of aliphatic hydroxyl groups excluding tert-OH is 1. The van der Waals surface area contributed by atoms with E-state index in [0.717, 1.165) is 18.6 Å². The van der Waals surface area contributed by atoms with Crippen LogP contribution in [0.15, 0.2) is 24.3 Å². The van der Waals surface area contributed by atoms with Crippen LogP contribution >= 0.6 is 0 Å². The molecule has 0 saturated carbocycles. The fourth-order valence-corrected chi connectivity index (χ4v) is 2.18. The quantitative estimate of drug-likeness (QED) is 0.710. The van der Waals surface area contributed by atoms with Gasteiger partial charge in [0.25, 0.3) is 0 Å². The highest BCUT2D eigenvalue weighted by Gasteiger charge is 2.23. The van der Waals surface area contributed by atoms with Crippen molar-refractivity contribution in [2.75, 3.05) is 13.2 Å². The number of nitrogens with one attached hydrogen (secondary N) is 1. The second-order valence-corrected chi connectivity index (χ2v) is 5.78. The molecule has 0 aliphatic carbocycles. The smallest absolute Gasteiger partial charge is 0.119 e. The van der Waals surface area contributed by atoms with E-state index in [4.69, 9.17) is 4.74 Å². The van der Waals surface area contributed by atoms with Crippen LogP contribution in [0.4, 0.5) is 0 Å². The number of hydrogen-bond acceptors (Lipinski definition) is 3. The molecule has 1 aromatic carbocycles. The molecule has 3 nitrogen and oxygen atoms in total. The SMILES string of the molecule is Cc1ccc(OCCCC(C)(CO)NC(C)C)cc1. The monoisotopic (exact) mass is 265 g/mol. The zero-order valence-corrected chi connectivity index (χ0v) is 12.6. The maximum atomic E-state index is 9.48. The molecular formula is C16H27NO2. The first kappa shape index (κ1) is 16.0. The highest BCUT2D eigenvalue weighted by molar-refractivity contribution is 5.26. The van der Waals surface area contributed by atoms with Gasteiger partial charge in [0.05, 0.1) is 13.2 Å². The van der Waals surface area contributed by atoms with Gasteiger partial charge in [-0.05, 0) is 38.8 Å². The van der Waals surface area contributed by atoms with E-state index >= 15 is 0 Å². The minimum absolute atomic E-state index is 0.149. The molecule has 0 aromatic heterocycles. The first-order chi connectivity index (χ1) is 8.95.